The summed E-state index contributed by atoms with van der Waals surface area (Å²) in [6, 6.07) is 4.41. The van der Waals surface area contributed by atoms with Crippen molar-refractivity contribution in [2.45, 2.75) is 41.5 Å². The molecule has 0 amide bonds. The molecule has 0 radical (unpaired) electrons. The van der Waals surface area contributed by atoms with Crippen LogP contribution in [0.5, 0.6) is 0 Å². The Labute approximate surface area is 109 Å². The van der Waals surface area contributed by atoms with Crippen LogP contribution in [0.15, 0.2) is 12.1 Å². The predicted octanol–water partition coefficient (Wildman–Crippen LogP) is 3.99. The van der Waals surface area contributed by atoms with Crippen molar-refractivity contribution in [3.05, 3.63) is 45.9 Å². The summed E-state index contributed by atoms with van der Waals surface area (Å²) in [5, 5.41) is 0. The zero-order valence-corrected chi connectivity index (χ0v) is 12.0. The maximum Gasteiger partial charge on any atom is 0.0920 e. The third kappa shape index (κ3) is 2.15. The zero-order valence-electron chi connectivity index (χ0n) is 12.0. The van der Waals surface area contributed by atoms with E-state index in [0.29, 0.717) is 0 Å². The van der Waals surface area contributed by atoms with Crippen LogP contribution in [0.2, 0.25) is 0 Å². The van der Waals surface area contributed by atoms with Crippen molar-refractivity contribution in [3.63, 3.8) is 0 Å². The molecule has 0 atom stereocenters. The number of rotatable bonds is 1. The fourth-order valence-electron chi connectivity index (χ4n) is 2.26. The predicted molar refractivity (Wildman–Crippen MR) is 75.9 cm³/mol. The van der Waals surface area contributed by atoms with Crippen molar-refractivity contribution in [2.75, 3.05) is 0 Å². The molecule has 2 aromatic rings. The Hall–Kier alpha value is -1.70. The van der Waals surface area contributed by atoms with E-state index in [2.05, 4.69) is 37.9 Å². The second kappa shape index (κ2) is 4.52. The molecular formula is C16H20N2. The monoisotopic (exact) mass is 240 g/mol. The molecule has 0 fully saturated rings. The highest BCUT2D eigenvalue weighted by atomic mass is 14.8. The summed E-state index contributed by atoms with van der Waals surface area (Å²) in [5.74, 6) is 0. The molecule has 2 rings (SSSR count). The van der Waals surface area contributed by atoms with Gasteiger partial charge in [0.15, 0.2) is 0 Å². The van der Waals surface area contributed by atoms with E-state index < -0.39 is 0 Å². The molecule has 0 bridgehead atoms. The average Bonchev–Trinajstić information content (AvgIpc) is 2.29. The van der Waals surface area contributed by atoms with Gasteiger partial charge in [0.05, 0.1) is 22.8 Å². The summed E-state index contributed by atoms with van der Waals surface area (Å²) in [6.45, 7) is 12.5. The lowest BCUT2D eigenvalue weighted by Crippen LogP contribution is -2.01. The van der Waals surface area contributed by atoms with Crippen molar-refractivity contribution >= 4 is 0 Å². The van der Waals surface area contributed by atoms with E-state index in [1.165, 1.54) is 22.3 Å². The average molecular weight is 240 g/mol. The maximum atomic E-state index is 4.72. The van der Waals surface area contributed by atoms with Crippen LogP contribution < -0.4 is 0 Å². The quantitative estimate of drug-likeness (QED) is 0.753. The van der Waals surface area contributed by atoms with Crippen LogP contribution in [0.1, 0.15) is 33.8 Å². The first-order valence-corrected chi connectivity index (χ1v) is 6.30. The van der Waals surface area contributed by atoms with Crippen LogP contribution in [-0.4, -0.2) is 9.97 Å². The maximum absolute atomic E-state index is 4.72. The molecule has 2 nitrogen and oxygen atoms in total. The van der Waals surface area contributed by atoms with E-state index in [9.17, 15) is 0 Å². The Kier molecular flexibility index (Phi) is 3.20. The van der Waals surface area contributed by atoms with Crippen LogP contribution in [0, 0.1) is 41.5 Å². The van der Waals surface area contributed by atoms with E-state index >= 15 is 0 Å². The second-order valence-corrected chi connectivity index (χ2v) is 5.08. The number of nitrogens with zero attached hydrogens (tertiary/aromatic N) is 2. The molecule has 0 saturated carbocycles. The highest BCUT2D eigenvalue weighted by molar-refractivity contribution is 5.68. The summed E-state index contributed by atoms with van der Waals surface area (Å²) < 4.78 is 0. The van der Waals surface area contributed by atoms with Gasteiger partial charge in [-0.1, -0.05) is 11.6 Å². The SMILES string of the molecule is Cc1cc(C)c(C)c(-c2nc(C)c(C)nc2C)c1. The van der Waals surface area contributed by atoms with Gasteiger partial charge in [0.1, 0.15) is 0 Å². The molecule has 0 aliphatic carbocycles. The van der Waals surface area contributed by atoms with Gasteiger partial charge in [-0.3, -0.25) is 4.98 Å². The third-order valence-corrected chi connectivity index (χ3v) is 3.55. The van der Waals surface area contributed by atoms with Gasteiger partial charge in [-0.05, 0) is 58.7 Å². The van der Waals surface area contributed by atoms with Crippen LogP contribution in [0.3, 0.4) is 0 Å². The molecule has 0 aliphatic heterocycles. The third-order valence-electron chi connectivity index (χ3n) is 3.55. The minimum atomic E-state index is 1.01. The van der Waals surface area contributed by atoms with Gasteiger partial charge in [0.25, 0.3) is 0 Å². The van der Waals surface area contributed by atoms with Crippen molar-refractivity contribution in [2.24, 2.45) is 0 Å². The fourth-order valence-corrected chi connectivity index (χ4v) is 2.26. The minimum absolute atomic E-state index is 1.01. The number of aromatic nitrogens is 2. The molecule has 1 aromatic carbocycles. The number of benzene rings is 1. The molecule has 94 valence electrons. The van der Waals surface area contributed by atoms with Gasteiger partial charge in [0.2, 0.25) is 0 Å². The van der Waals surface area contributed by atoms with Crippen LogP contribution >= 0.6 is 0 Å². The smallest absolute Gasteiger partial charge is 0.0920 e. The molecular weight excluding hydrogens is 220 g/mol. The van der Waals surface area contributed by atoms with Crippen LogP contribution in [0.4, 0.5) is 0 Å². The highest BCUT2D eigenvalue weighted by Crippen LogP contribution is 2.28. The highest BCUT2D eigenvalue weighted by Gasteiger charge is 2.12. The Morgan fingerprint density at radius 2 is 1.33 bits per heavy atom. The van der Waals surface area contributed by atoms with Crippen molar-refractivity contribution in [1.29, 1.82) is 0 Å². The first kappa shape index (κ1) is 12.7. The van der Waals surface area contributed by atoms with E-state index in [1.54, 1.807) is 0 Å². The summed E-state index contributed by atoms with van der Waals surface area (Å²) in [4.78, 5) is 9.31. The van der Waals surface area contributed by atoms with E-state index in [-0.39, 0.29) is 0 Å². The molecule has 0 aliphatic rings. The normalized spacial score (nSPS) is 10.8. The van der Waals surface area contributed by atoms with E-state index in [1.807, 2.05) is 20.8 Å². The molecule has 0 unspecified atom stereocenters. The Bertz CT molecular complexity index is 613. The van der Waals surface area contributed by atoms with Crippen LogP contribution in [0.25, 0.3) is 11.3 Å². The first-order chi connectivity index (χ1) is 8.40. The fraction of sp³-hybridized carbons (Fsp3) is 0.375. The molecule has 0 N–H and O–H groups in total. The number of hydrogen-bond acceptors (Lipinski definition) is 2. The Morgan fingerprint density at radius 1 is 0.722 bits per heavy atom. The Balaban J connectivity index is 2.73. The van der Waals surface area contributed by atoms with Gasteiger partial charge in [-0.25, -0.2) is 4.98 Å². The molecule has 0 spiro atoms. The van der Waals surface area contributed by atoms with Gasteiger partial charge in [-0.2, -0.15) is 0 Å². The topological polar surface area (TPSA) is 25.8 Å². The lowest BCUT2D eigenvalue weighted by atomic mass is 9.97. The van der Waals surface area contributed by atoms with Gasteiger partial charge in [-0.15, -0.1) is 0 Å². The molecule has 18 heavy (non-hydrogen) atoms. The zero-order chi connectivity index (χ0) is 13.4. The summed E-state index contributed by atoms with van der Waals surface area (Å²) in [7, 11) is 0. The lowest BCUT2D eigenvalue weighted by molar-refractivity contribution is 1.01. The van der Waals surface area contributed by atoms with E-state index in [4.69, 9.17) is 4.98 Å². The van der Waals surface area contributed by atoms with Gasteiger partial charge >= 0.3 is 0 Å². The van der Waals surface area contributed by atoms with E-state index in [0.717, 1.165) is 22.8 Å². The molecule has 2 heteroatoms. The lowest BCUT2D eigenvalue weighted by Gasteiger charge is -2.13. The first-order valence-electron chi connectivity index (χ1n) is 6.30. The van der Waals surface area contributed by atoms with Crippen molar-refractivity contribution < 1.29 is 0 Å². The number of aryl methyl sites for hydroxylation is 5. The van der Waals surface area contributed by atoms with Gasteiger partial charge < -0.3 is 0 Å². The molecule has 0 saturated heterocycles. The molecule has 1 heterocycles. The summed E-state index contributed by atoms with van der Waals surface area (Å²) in [5.41, 5.74) is 9.12. The standard InChI is InChI=1S/C16H20N2/c1-9-7-10(2)11(3)15(8-9)16-14(6)17-12(4)13(5)18-16/h7-8H,1-6H3. The minimum Gasteiger partial charge on any atom is -0.254 e. The molecule has 1 aromatic heterocycles. The summed E-state index contributed by atoms with van der Waals surface area (Å²) in [6.07, 6.45) is 0. The largest absolute Gasteiger partial charge is 0.254 e. The van der Waals surface area contributed by atoms with Crippen molar-refractivity contribution in [3.8, 4) is 11.3 Å². The number of hydrogen-bond donors (Lipinski definition) is 0. The summed E-state index contributed by atoms with van der Waals surface area (Å²) >= 11 is 0. The van der Waals surface area contributed by atoms with Crippen LogP contribution in [-0.2, 0) is 0 Å². The Morgan fingerprint density at radius 3 is 2.00 bits per heavy atom. The van der Waals surface area contributed by atoms with Crippen molar-refractivity contribution in [1.82, 2.24) is 9.97 Å². The van der Waals surface area contributed by atoms with Gasteiger partial charge in [0, 0.05) is 5.56 Å². The second-order valence-electron chi connectivity index (χ2n) is 5.08.